The molecule has 0 saturated heterocycles. The molecule has 0 aliphatic carbocycles. The van der Waals surface area contributed by atoms with Gasteiger partial charge in [0, 0.05) is 6.54 Å². The normalized spacial score (nSPS) is 9.92. The van der Waals surface area contributed by atoms with Gasteiger partial charge in [0.15, 0.2) is 6.61 Å². The fourth-order valence-electron chi connectivity index (χ4n) is 1.97. The Morgan fingerprint density at radius 3 is 2.42 bits per heavy atom. The van der Waals surface area contributed by atoms with E-state index in [0.717, 1.165) is 11.3 Å². The highest BCUT2D eigenvalue weighted by molar-refractivity contribution is 5.89. The SMILES string of the molecule is COC(=O)c1cccc(OCC(=O)NCc2ccc(OC)cc2)c1. The number of ether oxygens (including phenoxy) is 3. The molecule has 0 radical (unpaired) electrons. The third kappa shape index (κ3) is 5.01. The summed E-state index contributed by atoms with van der Waals surface area (Å²) < 4.78 is 15.1. The number of esters is 1. The second kappa shape index (κ2) is 8.57. The van der Waals surface area contributed by atoms with Crippen LogP contribution >= 0.6 is 0 Å². The highest BCUT2D eigenvalue weighted by Gasteiger charge is 2.08. The molecular formula is C18H19NO5. The summed E-state index contributed by atoms with van der Waals surface area (Å²) in [6, 6.07) is 13.9. The van der Waals surface area contributed by atoms with Crippen LogP contribution < -0.4 is 14.8 Å². The summed E-state index contributed by atoms with van der Waals surface area (Å²) in [5.41, 5.74) is 1.32. The van der Waals surface area contributed by atoms with E-state index in [1.807, 2.05) is 24.3 Å². The molecule has 2 aromatic rings. The Bertz CT molecular complexity index is 697. The van der Waals surface area contributed by atoms with E-state index in [9.17, 15) is 9.59 Å². The van der Waals surface area contributed by atoms with Gasteiger partial charge < -0.3 is 19.5 Å². The van der Waals surface area contributed by atoms with E-state index < -0.39 is 5.97 Å². The molecule has 0 aliphatic rings. The van der Waals surface area contributed by atoms with Crippen LogP contribution in [-0.2, 0) is 16.1 Å². The average Bonchev–Trinajstić information content (AvgIpc) is 2.64. The number of benzene rings is 2. The van der Waals surface area contributed by atoms with Crippen molar-refractivity contribution in [1.29, 1.82) is 0 Å². The lowest BCUT2D eigenvalue weighted by atomic mass is 10.2. The molecule has 0 atom stereocenters. The van der Waals surface area contributed by atoms with Crippen LogP contribution in [0.15, 0.2) is 48.5 Å². The molecule has 0 fully saturated rings. The molecule has 126 valence electrons. The summed E-state index contributed by atoms with van der Waals surface area (Å²) in [4.78, 5) is 23.3. The van der Waals surface area contributed by atoms with Gasteiger partial charge in [0.2, 0.25) is 0 Å². The molecule has 0 saturated carbocycles. The maximum atomic E-state index is 11.8. The molecule has 2 aromatic carbocycles. The lowest BCUT2D eigenvalue weighted by Gasteiger charge is -2.09. The van der Waals surface area contributed by atoms with Crippen molar-refractivity contribution in [2.45, 2.75) is 6.54 Å². The first-order chi connectivity index (χ1) is 11.6. The van der Waals surface area contributed by atoms with Crippen LogP contribution in [0.3, 0.4) is 0 Å². The molecule has 1 N–H and O–H groups in total. The van der Waals surface area contributed by atoms with Crippen molar-refractivity contribution in [3.63, 3.8) is 0 Å². The minimum atomic E-state index is -0.454. The van der Waals surface area contributed by atoms with Crippen LogP contribution in [-0.4, -0.2) is 32.7 Å². The van der Waals surface area contributed by atoms with Gasteiger partial charge in [0.05, 0.1) is 19.8 Å². The number of carbonyl (C=O) groups is 2. The molecule has 2 rings (SSSR count). The lowest BCUT2D eigenvalue weighted by Crippen LogP contribution is -2.28. The zero-order valence-electron chi connectivity index (χ0n) is 13.6. The van der Waals surface area contributed by atoms with Gasteiger partial charge in [-0.15, -0.1) is 0 Å². The zero-order chi connectivity index (χ0) is 17.4. The Hall–Kier alpha value is -3.02. The lowest BCUT2D eigenvalue weighted by molar-refractivity contribution is -0.123. The second-order valence-corrected chi connectivity index (χ2v) is 4.93. The van der Waals surface area contributed by atoms with Crippen molar-refractivity contribution in [1.82, 2.24) is 5.32 Å². The van der Waals surface area contributed by atoms with Gasteiger partial charge in [-0.25, -0.2) is 4.79 Å². The first-order valence-electron chi connectivity index (χ1n) is 7.33. The molecular weight excluding hydrogens is 310 g/mol. The number of carbonyl (C=O) groups excluding carboxylic acids is 2. The summed E-state index contributed by atoms with van der Waals surface area (Å²) in [7, 11) is 2.91. The number of amides is 1. The summed E-state index contributed by atoms with van der Waals surface area (Å²) in [6.45, 7) is 0.259. The average molecular weight is 329 g/mol. The second-order valence-electron chi connectivity index (χ2n) is 4.93. The van der Waals surface area contributed by atoms with E-state index in [4.69, 9.17) is 9.47 Å². The molecule has 0 bridgehead atoms. The zero-order valence-corrected chi connectivity index (χ0v) is 13.6. The fraction of sp³-hybridized carbons (Fsp3) is 0.222. The molecule has 0 unspecified atom stereocenters. The van der Waals surface area contributed by atoms with Gasteiger partial charge in [-0.1, -0.05) is 18.2 Å². The highest BCUT2D eigenvalue weighted by Crippen LogP contribution is 2.14. The Kier molecular flexibility index (Phi) is 6.19. The van der Waals surface area contributed by atoms with Crippen molar-refractivity contribution < 1.29 is 23.8 Å². The molecule has 1 amide bonds. The standard InChI is InChI=1S/C18H19NO5/c1-22-15-8-6-13(7-9-15)11-19-17(20)12-24-16-5-3-4-14(10-16)18(21)23-2/h3-10H,11-12H2,1-2H3,(H,19,20). The quantitative estimate of drug-likeness (QED) is 0.788. The number of hydrogen-bond acceptors (Lipinski definition) is 5. The first kappa shape index (κ1) is 17.3. The Morgan fingerprint density at radius 1 is 1.00 bits per heavy atom. The Morgan fingerprint density at radius 2 is 1.75 bits per heavy atom. The number of rotatable bonds is 7. The van der Waals surface area contributed by atoms with Gasteiger partial charge in [-0.3, -0.25) is 4.79 Å². The van der Waals surface area contributed by atoms with Crippen LogP contribution in [0.2, 0.25) is 0 Å². The van der Waals surface area contributed by atoms with Crippen LogP contribution in [0.1, 0.15) is 15.9 Å². The van der Waals surface area contributed by atoms with Gasteiger partial charge in [0.25, 0.3) is 5.91 Å². The number of nitrogens with one attached hydrogen (secondary N) is 1. The Labute approximate surface area is 140 Å². The number of methoxy groups -OCH3 is 2. The highest BCUT2D eigenvalue weighted by atomic mass is 16.5. The largest absolute Gasteiger partial charge is 0.497 e. The fourth-order valence-corrected chi connectivity index (χ4v) is 1.97. The minimum absolute atomic E-state index is 0.138. The van der Waals surface area contributed by atoms with E-state index >= 15 is 0 Å². The number of hydrogen-bond donors (Lipinski definition) is 1. The molecule has 0 aromatic heterocycles. The monoisotopic (exact) mass is 329 g/mol. The van der Waals surface area contributed by atoms with E-state index in [1.54, 1.807) is 25.3 Å². The van der Waals surface area contributed by atoms with E-state index in [-0.39, 0.29) is 12.5 Å². The third-order valence-electron chi connectivity index (χ3n) is 3.27. The first-order valence-corrected chi connectivity index (χ1v) is 7.33. The van der Waals surface area contributed by atoms with Gasteiger partial charge >= 0.3 is 5.97 Å². The van der Waals surface area contributed by atoms with Gasteiger partial charge in [-0.05, 0) is 35.9 Å². The molecule has 6 nitrogen and oxygen atoms in total. The molecule has 0 spiro atoms. The smallest absolute Gasteiger partial charge is 0.337 e. The summed E-state index contributed by atoms with van der Waals surface area (Å²) in [6.07, 6.45) is 0. The predicted molar refractivity (Wildman–Crippen MR) is 88.1 cm³/mol. The predicted octanol–water partition coefficient (Wildman–Crippen LogP) is 2.18. The topological polar surface area (TPSA) is 73.9 Å². The summed E-state index contributed by atoms with van der Waals surface area (Å²) in [5, 5.41) is 2.76. The Balaban J connectivity index is 1.81. The molecule has 6 heteroatoms. The van der Waals surface area contributed by atoms with Crippen LogP contribution in [0.5, 0.6) is 11.5 Å². The summed E-state index contributed by atoms with van der Waals surface area (Å²) >= 11 is 0. The summed E-state index contributed by atoms with van der Waals surface area (Å²) in [5.74, 6) is 0.482. The minimum Gasteiger partial charge on any atom is -0.497 e. The maximum absolute atomic E-state index is 11.8. The van der Waals surface area contributed by atoms with Crippen molar-refractivity contribution >= 4 is 11.9 Å². The van der Waals surface area contributed by atoms with Crippen molar-refractivity contribution in [3.8, 4) is 11.5 Å². The van der Waals surface area contributed by atoms with Crippen LogP contribution in [0.4, 0.5) is 0 Å². The van der Waals surface area contributed by atoms with Crippen molar-refractivity contribution in [2.24, 2.45) is 0 Å². The third-order valence-corrected chi connectivity index (χ3v) is 3.27. The van der Waals surface area contributed by atoms with Crippen molar-refractivity contribution in [3.05, 3.63) is 59.7 Å². The van der Waals surface area contributed by atoms with E-state index in [2.05, 4.69) is 10.1 Å². The van der Waals surface area contributed by atoms with Gasteiger partial charge in [0.1, 0.15) is 11.5 Å². The van der Waals surface area contributed by atoms with Crippen LogP contribution in [0.25, 0.3) is 0 Å². The molecule has 0 heterocycles. The van der Waals surface area contributed by atoms with E-state index in [0.29, 0.717) is 17.9 Å². The van der Waals surface area contributed by atoms with Crippen LogP contribution in [0, 0.1) is 0 Å². The molecule has 24 heavy (non-hydrogen) atoms. The maximum Gasteiger partial charge on any atom is 0.337 e. The molecule has 0 aliphatic heterocycles. The van der Waals surface area contributed by atoms with Crippen molar-refractivity contribution in [2.75, 3.05) is 20.8 Å². The van der Waals surface area contributed by atoms with E-state index in [1.165, 1.54) is 13.2 Å². The van der Waals surface area contributed by atoms with Gasteiger partial charge in [-0.2, -0.15) is 0 Å².